The summed E-state index contributed by atoms with van der Waals surface area (Å²) in [6.07, 6.45) is 5.61. The molecule has 1 atom stereocenters. The second kappa shape index (κ2) is 7.67. The lowest BCUT2D eigenvalue weighted by molar-refractivity contribution is -0.145. The summed E-state index contributed by atoms with van der Waals surface area (Å²) >= 11 is 0. The van der Waals surface area contributed by atoms with Crippen molar-refractivity contribution in [3.63, 3.8) is 0 Å². The normalized spacial score (nSPS) is 19.3. The fraction of sp³-hybridized carbons (Fsp3) is 0.923. The van der Waals surface area contributed by atoms with Crippen LogP contribution in [0.2, 0.25) is 0 Å². The topological polar surface area (TPSA) is 49.8 Å². The maximum atomic E-state index is 11.5. The molecule has 0 aromatic carbocycles. The SMILES string of the molecule is CCOC(=O)CN(CC(C)O)C1CCCCC1. The van der Waals surface area contributed by atoms with E-state index in [4.69, 9.17) is 4.74 Å². The van der Waals surface area contributed by atoms with E-state index < -0.39 is 6.10 Å². The Balaban J connectivity index is 2.49. The largest absolute Gasteiger partial charge is 0.465 e. The zero-order valence-electron chi connectivity index (χ0n) is 11.0. The summed E-state index contributed by atoms with van der Waals surface area (Å²) in [5.41, 5.74) is 0. The van der Waals surface area contributed by atoms with Crippen LogP contribution in [0.5, 0.6) is 0 Å². The van der Waals surface area contributed by atoms with Gasteiger partial charge in [-0.05, 0) is 26.7 Å². The minimum Gasteiger partial charge on any atom is -0.465 e. The van der Waals surface area contributed by atoms with Gasteiger partial charge in [0.25, 0.3) is 0 Å². The first kappa shape index (κ1) is 14.5. The number of rotatable bonds is 6. The van der Waals surface area contributed by atoms with Crippen LogP contribution in [0.3, 0.4) is 0 Å². The Morgan fingerprint density at radius 3 is 2.59 bits per heavy atom. The van der Waals surface area contributed by atoms with E-state index in [9.17, 15) is 9.90 Å². The number of aliphatic hydroxyl groups excluding tert-OH is 1. The van der Waals surface area contributed by atoms with Gasteiger partial charge in [-0.3, -0.25) is 9.69 Å². The van der Waals surface area contributed by atoms with Crippen molar-refractivity contribution in [2.24, 2.45) is 0 Å². The van der Waals surface area contributed by atoms with Crippen molar-refractivity contribution in [3.8, 4) is 0 Å². The summed E-state index contributed by atoms with van der Waals surface area (Å²) in [5.74, 6) is -0.182. The van der Waals surface area contributed by atoms with Crippen molar-refractivity contribution in [1.82, 2.24) is 4.90 Å². The number of carbonyl (C=O) groups is 1. The summed E-state index contributed by atoms with van der Waals surface area (Å²) in [5, 5.41) is 9.50. The quantitative estimate of drug-likeness (QED) is 0.719. The van der Waals surface area contributed by atoms with Crippen molar-refractivity contribution in [3.05, 3.63) is 0 Å². The molecule has 1 N–H and O–H groups in total. The fourth-order valence-electron chi connectivity index (χ4n) is 2.50. The molecule has 0 amide bonds. The third kappa shape index (κ3) is 5.50. The first-order chi connectivity index (χ1) is 8.13. The summed E-state index contributed by atoms with van der Waals surface area (Å²) in [4.78, 5) is 13.6. The van der Waals surface area contributed by atoms with Crippen LogP contribution in [0.1, 0.15) is 46.0 Å². The molecule has 100 valence electrons. The first-order valence-electron chi connectivity index (χ1n) is 6.71. The molecular weight excluding hydrogens is 218 g/mol. The van der Waals surface area contributed by atoms with Gasteiger partial charge < -0.3 is 9.84 Å². The van der Waals surface area contributed by atoms with E-state index in [1.807, 2.05) is 6.92 Å². The molecule has 0 saturated heterocycles. The number of ether oxygens (including phenoxy) is 1. The van der Waals surface area contributed by atoms with Gasteiger partial charge in [0.1, 0.15) is 0 Å². The molecule has 4 heteroatoms. The van der Waals surface area contributed by atoms with Gasteiger partial charge >= 0.3 is 5.97 Å². The van der Waals surface area contributed by atoms with E-state index >= 15 is 0 Å². The lowest BCUT2D eigenvalue weighted by Gasteiger charge is -2.34. The molecular formula is C13H25NO3. The molecule has 0 aromatic heterocycles. The Morgan fingerprint density at radius 2 is 2.06 bits per heavy atom. The first-order valence-corrected chi connectivity index (χ1v) is 6.71. The van der Waals surface area contributed by atoms with E-state index in [1.165, 1.54) is 19.3 Å². The van der Waals surface area contributed by atoms with E-state index in [2.05, 4.69) is 4.90 Å². The monoisotopic (exact) mass is 243 g/mol. The lowest BCUT2D eigenvalue weighted by atomic mass is 9.94. The van der Waals surface area contributed by atoms with Crippen LogP contribution in [-0.2, 0) is 9.53 Å². The zero-order chi connectivity index (χ0) is 12.7. The molecule has 4 nitrogen and oxygen atoms in total. The number of hydrogen-bond donors (Lipinski definition) is 1. The summed E-state index contributed by atoms with van der Waals surface area (Å²) in [6.45, 7) is 4.87. The summed E-state index contributed by atoms with van der Waals surface area (Å²) in [6, 6.07) is 0.433. The van der Waals surface area contributed by atoms with Crippen molar-refractivity contribution in [2.45, 2.75) is 58.1 Å². The zero-order valence-corrected chi connectivity index (χ0v) is 11.0. The summed E-state index contributed by atoms with van der Waals surface area (Å²) < 4.78 is 4.98. The number of carbonyl (C=O) groups excluding carboxylic acids is 1. The van der Waals surface area contributed by atoms with Gasteiger partial charge in [0.05, 0.1) is 19.3 Å². The Morgan fingerprint density at radius 1 is 1.41 bits per heavy atom. The second-order valence-electron chi connectivity index (χ2n) is 4.88. The van der Waals surface area contributed by atoms with E-state index in [0.29, 0.717) is 25.7 Å². The van der Waals surface area contributed by atoms with Gasteiger partial charge in [-0.2, -0.15) is 0 Å². The molecule has 1 aliphatic rings. The van der Waals surface area contributed by atoms with E-state index in [0.717, 1.165) is 12.8 Å². The van der Waals surface area contributed by atoms with Gasteiger partial charge in [0.15, 0.2) is 0 Å². The lowest BCUT2D eigenvalue weighted by Crippen LogP contribution is -2.44. The minimum atomic E-state index is -0.397. The molecule has 1 unspecified atom stereocenters. The predicted molar refractivity (Wildman–Crippen MR) is 66.8 cm³/mol. The smallest absolute Gasteiger partial charge is 0.320 e. The van der Waals surface area contributed by atoms with Crippen LogP contribution < -0.4 is 0 Å². The predicted octanol–water partition coefficient (Wildman–Crippen LogP) is 1.56. The van der Waals surface area contributed by atoms with Gasteiger partial charge in [0, 0.05) is 12.6 Å². The molecule has 1 saturated carbocycles. The van der Waals surface area contributed by atoms with Crippen LogP contribution in [0, 0.1) is 0 Å². The molecule has 17 heavy (non-hydrogen) atoms. The second-order valence-corrected chi connectivity index (χ2v) is 4.88. The fourth-order valence-corrected chi connectivity index (χ4v) is 2.50. The number of esters is 1. The van der Waals surface area contributed by atoms with Crippen molar-refractivity contribution in [1.29, 1.82) is 0 Å². The van der Waals surface area contributed by atoms with Crippen LogP contribution in [-0.4, -0.2) is 47.8 Å². The van der Waals surface area contributed by atoms with Gasteiger partial charge in [0.2, 0.25) is 0 Å². The highest BCUT2D eigenvalue weighted by molar-refractivity contribution is 5.71. The molecule has 1 fully saturated rings. The molecule has 0 aromatic rings. The molecule has 0 heterocycles. The van der Waals surface area contributed by atoms with Gasteiger partial charge in [-0.1, -0.05) is 19.3 Å². The number of hydrogen-bond acceptors (Lipinski definition) is 4. The van der Waals surface area contributed by atoms with Crippen molar-refractivity contribution >= 4 is 5.97 Å². The maximum Gasteiger partial charge on any atom is 0.320 e. The standard InChI is InChI=1S/C13H25NO3/c1-3-17-13(16)10-14(9-11(2)15)12-7-5-4-6-8-12/h11-12,15H,3-10H2,1-2H3. The molecule has 0 aliphatic heterocycles. The Kier molecular flexibility index (Phi) is 6.52. The van der Waals surface area contributed by atoms with Crippen LogP contribution in [0.25, 0.3) is 0 Å². The molecule has 0 radical (unpaired) electrons. The molecule has 1 rings (SSSR count). The Bertz CT molecular complexity index is 225. The highest BCUT2D eigenvalue weighted by atomic mass is 16.5. The number of aliphatic hydroxyl groups is 1. The highest BCUT2D eigenvalue weighted by Gasteiger charge is 2.24. The summed E-state index contributed by atoms with van der Waals surface area (Å²) in [7, 11) is 0. The third-order valence-electron chi connectivity index (χ3n) is 3.23. The number of nitrogens with zero attached hydrogens (tertiary/aromatic N) is 1. The average molecular weight is 243 g/mol. The molecule has 1 aliphatic carbocycles. The average Bonchev–Trinajstić information content (AvgIpc) is 2.29. The van der Waals surface area contributed by atoms with Gasteiger partial charge in [-0.25, -0.2) is 0 Å². The van der Waals surface area contributed by atoms with Crippen LogP contribution in [0.15, 0.2) is 0 Å². The van der Waals surface area contributed by atoms with Gasteiger partial charge in [-0.15, -0.1) is 0 Å². The van der Waals surface area contributed by atoms with E-state index in [-0.39, 0.29) is 5.97 Å². The van der Waals surface area contributed by atoms with Crippen LogP contribution in [0.4, 0.5) is 0 Å². The molecule has 0 bridgehead atoms. The van der Waals surface area contributed by atoms with Crippen molar-refractivity contribution < 1.29 is 14.6 Å². The Labute approximate surface area is 104 Å². The third-order valence-corrected chi connectivity index (χ3v) is 3.23. The van der Waals surface area contributed by atoms with Crippen molar-refractivity contribution in [2.75, 3.05) is 19.7 Å². The Hall–Kier alpha value is -0.610. The maximum absolute atomic E-state index is 11.5. The minimum absolute atomic E-state index is 0.182. The molecule has 0 spiro atoms. The highest BCUT2D eigenvalue weighted by Crippen LogP contribution is 2.22. The van der Waals surface area contributed by atoms with Crippen LogP contribution >= 0.6 is 0 Å². The van der Waals surface area contributed by atoms with E-state index in [1.54, 1.807) is 6.92 Å².